The SMILES string of the molecule is CCCSP(=S)(NC=NCC)OC(C)C. The van der Waals surface area contributed by atoms with E-state index in [9.17, 15) is 0 Å². The normalized spacial score (nSPS) is 15.8. The highest BCUT2D eigenvalue weighted by Crippen LogP contribution is 2.56. The van der Waals surface area contributed by atoms with Gasteiger partial charge in [0.2, 0.25) is 5.62 Å². The zero-order valence-corrected chi connectivity index (χ0v) is 12.4. The maximum absolute atomic E-state index is 5.77. The smallest absolute Gasteiger partial charge is 0.211 e. The molecule has 0 aromatic heterocycles. The van der Waals surface area contributed by atoms with E-state index < -0.39 is 5.62 Å². The molecule has 0 aliphatic heterocycles. The topological polar surface area (TPSA) is 33.6 Å². The summed E-state index contributed by atoms with van der Waals surface area (Å²) < 4.78 is 5.77. The molecule has 1 unspecified atom stereocenters. The third-order valence-electron chi connectivity index (χ3n) is 1.30. The van der Waals surface area contributed by atoms with Crippen LogP contribution in [0.1, 0.15) is 34.1 Å². The van der Waals surface area contributed by atoms with Crippen molar-refractivity contribution in [2.45, 2.75) is 40.2 Å². The van der Waals surface area contributed by atoms with E-state index in [4.69, 9.17) is 16.3 Å². The first-order chi connectivity index (χ1) is 7.04. The van der Waals surface area contributed by atoms with Gasteiger partial charge < -0.3 is 9.61 Å². The van der Waals surface area contributed by atoms with E-state index in [0.29, 0.717) is 0 Å². The van der Waals surface area contributed by atoms with Gasteiger partial charge in [0.05, 0.1) is 12.4 Å². The summed E-state index contributed by atoms with van der Waals surface area (Å²) in [5.41, 5.74) is -1.97. The zero-order chi connectivity index (χ0) is 11.7. The summed E-state index contributed by atoms with van der Waals surface area (Å²) in [6.45, 7) is 8.91. The molecule has 0 amide bonds. The van der Waals surface area contributed by atoms with Gasteiger partial charge in [-0.15, -0.1) is 0 Å². The summed E-state index contributed by atoms with van der Waals surface area (Å²) in [5.74, 6) is 1.02. The lowest BCUT2D eigenvalue weighted by Gasteiger charge is -2.23. The van der Waals surface area contributed by atoms with Crippen LogP contribution < -0.4 is 5.09 Å². The first-order valence-electron chi connectivity index (χ1n) is 5.23. The molecule has 0 saturated carbocycles. The molecule has 0 bridgehead atoms. The first-order valence-corrected chi connectivity index (χ1v) is 9.54. The van der Waals surface area contributed by atoms with Crippen molar-refractivity contribution < 1.29 is 4.52 Å². The summed E-state index contributed by atoms with van der Waals surface area (Å²) in [6, 6.07) is 0. The third-order valence-corrected chi connectivity index (χ3v) is 7.03. The van der Waals surface area contributed by atoms with Crippen molar-refractivity contribution >= 4 is 35.1 Å². The second-order valence-electron chi connectivity index (χ2n) is 3.24. The molecule has 90 valence electrons. The van der Waals surface area contributed by atoms with Crippen molar-refractivity contribution in [2.24, 2.45) is 4.99 Å². The van der Waals surface area contributed by atoms with E-state index in [-0.39, 0.29) is 6.10 Å². The van der Waals surface area contributed by atoms with Gasteiger partial charge in [0.25, 0.3) is 0 Å². The summed E-state index contributed by atoms with van der Waals surface area (Å²) in [4.78, 5) is 4.10. The Labute approximate surface area is 102 Å². The highest BCUT2D eigenvalue weighted by molar-refractivity contribution is 8.68. The van der Waals surface area contributed by atoms with Crippen LogP contribution in [0, 0.1) is 0 Å². The number of hydrogen-bond acceptors (Lipinski definition) is 4. The quantitative estimate of drug-likeness (QED) is 0.415. The van der Waals surface area contributed by atoms with Crippen LogP contribution in [-0.4, -0.2) is 24.7 Å². The Morgan fingerprint density at radius 3 is 2.67 bits per heavy atom. The number of aliphatic imine (C=N–C) groups is 1. The van der Waals surface area contributed by atoms with Crippen molar-refractivity contribution in [2.75, 3.05) is 12.3 Å². The fraction of sp³-hybridized carbons (Fsp3) is 0.889. The standard InChI is InChI=1S/C9H21N2OPS2/c1-5-7-15-13(14,12-9(3)4)11-8-10-6-2/h8-9H,5-7H2,1-4H3,(H,10,11,14). The number of rotatable bonds is 8. The van der Waals surface area contributed by atoms with Gasteiger partial charge >= 0.3 is 0 Å². The molecule has 6 heteroatoms. The summed E-state index contributed by atoms with van der Waals surface area (Å²) in [5, 5.41) is 3.14. The average molecular weight is 268 g/mol. The Morgan fingerprint density at radius 2 is 2.20 bits per heavy atom. The molecule has 0 fully saturated rings. The number of nitrogens with zero attached hydrogens (tertiary/aromatic N) is 1. The van der Waals surface area contributed by atoms with E-state index in [1.54, 1.807) is 17.7 Å². The van der Waals surface area contributed by atoms with Crippen molar-refractivity contribution in [1.29, 1.82) is 0 Å². The monoisotopic (exact) mass is 268 g/mol. The maximum Gasteiger partial charge on any atom is 0.211 e. The van der Waals surface area contributed by atoms with E-state index in [1.165, 1.54) is 0 Å². The molecule has 0 spiro atoms. The Kier molecular flexibility index (Phi) is 8.81. The molecule has 0 aromatic carbocycles. The molecule has 15 heavy (non-hydrogen) atoms. The second-order valence-corrected chi connectivity index (χ2v) is 9.93. The third kappa shape index (κ3) is 8.26. The molecule has 3 nitrogen and oxygen atoms in total. The van der Waals surface area contributed by atoms with Crippen molar-refractivity contribution in [3.8, 4) is 0 Å². The van der Waals surface area contributed by atoms with Gasteiger partial charge in [-0.25, -0.2) is 0 Å². The van der Waals surface area contributed by atoms with Crippen molar-refractivity contribution in [3.05, 3.63) is 0 Å². The van der Waals surface area contributed by atoms with Crippen LogP contribution in [0.25, 0.3) is 0 Å². The molecule has 0 aliphatic rings. The van der Waals surface area contributed by atoms with Crippen LogP contribution in [0.2, 0.25) is 0 Å². The van der Waals surface area contributed by atoms with Gasteiger partial charge in [-0.1, -0.05) is 18.3 Å². The van der Waals surface area contributed by atoms with Gasteiger partial charge in [-0.05, 0) is 39.0 Å². The van der Waals surface area contributed by atoms with Gasteiger partial charge in [-0.3, -0.25) is 4.99 Å². The summed E-state index contributed by atoms with van der Waals surface area (Å²) >= 11 is 7.21. The molecular weight excluding hydrogens is 247 g/mol. The largest absolute Gasteiger partial charge is 0.324 e. The molecule has 1 atom stereocenters. The van der Waals surface area contributed by atoms with Gasteiger partial charge in [0.1, 0.15) is 0 Å². The lowest BCUT2D eigenvalue weighted by Crippen LogP contribution is -2.12. The molecule has 0 rings (SSSR count). The summed E-state index contributed by atoms with van der Waals surface area (Å²) in [7, 11) is 0. The van der Waals surface area contributed by atoms with Gasteiger partial charge in [0.15, 0.2) is 0 Å². The highest BCUT2D eigenvalue weighted by Gasteiger charge is 2.18. The predicted molar refractivity (Wildman–Crippen MR) is 75.4 cm³/mol. The molecular formula is C9H21N2OPS2. The van der Waals surface area contributed by atoms with Gasteiger partial charge in [-0.2, -0.15) is 0 Å². The van der Waals surface area contributed by atoms with Crippen LogP contribution in [0.5, 0.6) is 0 Å². The first kappa shape index (κ1) is 15.4. The minimum absolute atomic E-state index is 0.155. The fourth-order valence-corrected chi connectivity index (χ4v) is 5.85. The maximum atomic E-state index is 5.77. The zero-order valence-electron chi connectivity index (χ0n) is 9.90. The predicted octanol–water partition coefficient (Wildman–Crippen LogP) is 3.42. The second kappa shape index (κ2) is 8.57. The fourth-order valence-electron chi connectivity index (χ4n) is 0.790. The van der Waals surface area contributed by atoms with Crippen molar-refractivity contribution in [3.63, 3.8) is 0 Å². The molecule has 1 N–H and O–H groups in total. The Balaban J connectivity index is 4.26. The number of nitrogens with one attached hydrogen (secondary N) is 1. The Hall–Kier alpha value is 0.430. The van der Waals surface area contributed by atoms with Gasteiger partial charge in [0, 0.05) is 12.3 Å². The molecule has 0 aliphatic carbocycles. The van der Waals surface area contributed by atoms with Crippen LogP contribution in [0.3, 0.4) is 0 Å². The highest BCUT2D eigenvalue weighted by atomic mass is 32.9. The average Bonchev–Trinajstić information content (AvgIpc) is 2.14. The minimum Gasteiger partial charge on any atom is -0.324 e. The lowest BCUT2D eigenvalue weighted by molar-refractivity contribution is 0.274. The Morgan fingerprint density at radius 1 is 1.53 bits per heavy atom. The van der Waals surface area contributed by atoms with E-state index in [0.717, 1.165) is 18.7 Å². The molecule has 0 heterocycles. The van der Waals surface area contributed by atoms with Crippen LogP contribution in [0.15, 0.2) is 4.99 Å². The summed E-state index contributed by atoms with van der Waals surface area (Å²) in [6.07, 6.45) is 2.95. The van der Waals surface area contributed by atoms with Crippen molar-refractivity contribution in [1.82, 2.24) is 5.09 Å². The van der Waals surface area contributed by atoms with E-state index >= 15 is 0 Å². The van der Waals surface area contributed by atoms with Crippen LogP contribution >= 0.6 is 17.0 Å². The van der Waals surface area contributed by atoms with E-state index in [2.05, 4.69) is 17.0 Å². The minimum atomic E-state index is -1.97. The molecule has 0 aromatic rings. The Bertz CT molecular complexity index is 234. The lowest BCUT2D eigenvalue weighted by atomic mass is 10.5. The molecule has 0 saturated heterocycles. The molecule has 0 radical (unpaired) electrons. The van der Waals surface area contributed by atoms with Crippen LogP contribution in [-0.2, 0) is 16.3 Å². The van der Waals surface area contributed by atoms with E-state index in [1.807, 2.05) is 20.8 Å². The van der Waals surface area contributed by atoms with Crippen LogP contribution in [0.4, 0.5) is 0 Å². The number of hydrogen-bond donors (Lipinski definition) is 1.